The van der Waals surface area contributed by atoms with E-state index in [4.69, 9.17) is 5.84 Å². The molecule has 1 atom stereocenters. The number of nitrogens with two attached hydrogens (primary N) is 1. The summed E-state index contributed by atoms with van der Waals surface area (Å²) in [5.74, 6) is 5.70. The molecule has 0 radical (unpaired) electrons. The highest BCUT2D eigenvalue weighted by Gasteiger charge is 2.14. The molecule has 0 aliphatic heterocycles. The van der Waals surface area contributed by atoms with Gasteiger partial charge in [0.15, 0.2) is 0 Å². The quantitative estimate of drug-likeness (QED) is 0.592. The van der Waals surface area contributed by atoms with Crippen LogP contribution in [0.5, 0.6) is 0 Å². The number of hydrazine groups is 1. The molecule has 1 aromatic carbocycles. The van der Waals surface area contributed by atoms with Crippen molar-refractivity contribution in [3.63, 3.8) is 0 Å². The lowest BCUT2D eigenvalue weighted by molar-refractivity contribution is 0.506. The number of benzene rings is 1. The van der Waals surface area contributed by atoms with E-state index in [0.29, 0.717) is 6.04 Å². The summed E-state index contributed by atoms with van der Waals surface area (Å²) in [5.41, 5.74) is 5.01. The van der Waals surface area contributed by atoms with Gasteiger partial charge in [-0.05, 0) is 43.7 Å². The predicted octanol–water partition coefficient (Wildman–Crippen LogP) is 3.74. The van der Waals surface area contributed by atoms with Crippen molar-refractivity contribution in [2.75, 3.05) is 0 Å². The molecule has 0 aliphatic rings. The predicted molar refractivity (Wildman–Crippen MR) is 88.2 cm³/mol. The summed E-state index contributed by atoms with van der Waals surface area (Å²) in [6.07, 6.45) is 2.75. The Kier molecular flexibility index (Phi) is 5.37. The summed E-state index contributed by atoms with van der Waals surface area (Å²) in [7, 11) is 0. The minimum atomic E-state index is 0.0271. The van der Waals surface area contributed by atoms with Crippen LogP contribution in [0, 0.1) is 0 Å². The van der Waals surface area contributed by atoms with Gasteiger partial charge in [0.2, 0.25) is 0 Å². The van der Waals surface area contributed by atoms with Crippen LogP contribution in [0.25, 0.3) is 0 Å². The van der Waals surface area contributed by atoms with Gasteiger partial charge in [-0.2, -0.15) is 5.10 Å². The van der Waals surface area contributed by atoms with Crippen molar-refractivity contribution >= 4 is 31.9 Å². The number of nitrogens with one attached hydrogen (secondary N) is 1. The van der Waals surface area contributed by atoms with E-state index in [-0.39, 0.29) is 6.04 Å². The Morgan fingerprint density at radius 2 is 1.90 bits per heavy atom. The van der Waals surface area contributed by atoms with Crippen molar-refractivity contribution in [2.45, 2.75) is 32.4 Å². The fraction of sp³-hybridized carbons (Fsp3) is 0.357. The van der Waals surface area contributed by atoms with E-state index in [0.717, 1.165) is 26.6 Å². The number of aromatic nitrogens is 2. The zero-order valence-electron chi connectivity index (χ0n) is 11.5. The van der Waals surface area contributed by atoms with Crippen LogP contribution in [0.2, 0.25) is 0 Å². The lowest BCUT2D eigenvalue weighted by atomic mass is 10.0. The molecule has 1 aromatic heterocycles. The first kappa shape index (κ1) is 15.7. The van der Waals surface area contributed by atoms with Gasteiger partial charge >= 0.3 is 0 Å². The van der Waals surface area contributed by atoms with Gasteiger partial charge in [-0.25, -0.2) is 0 Å². The summed E-state index contributed by atoms with van der Waals surface area (Å²) in [6, 6.07) is 8.57. The molecule has 0 saturated carbocycles. The molecule has 0 spiro atoms. The van der Waals surface area contributed by atoms with Crippen molar-refractivity contribution in [3.05, 3.63) is 50.7 Å². The first-order valence-electron chi connectivity index (χ1n) is 6.45. The molecule has 2 rings (SSSR count). The van der Waals surface area contributed by atoms with Crippen LogP contribution >= 0.6 is 31.9 Å². The average molecular weight is 402 g/mol. The number of rotatable bonds is 5. The van der Waals surface area contributed by atoms with Crippen LogP contribution in [-0.4, -0.2) is 9.78 Å². The monoisotopic (exact) mass is 400 g/mol. The molecule has 1 unspecified atom stereocenters. The highest BCUT2D eigenvalue weighted by molar-refractivity contribution is 9.11. The highest BCUT2D eigenvalue weighted by Crippen LogP contribution is 2.25. The van der Waals surface area contributed by atoms with E-state index >= 15 is 0 Å². The third-order valence-electron chi connectivity index (χ3n) is 3.09. The molecule has 0 amide bonds. The number of nitrogens with zero attached hydrogens (tertiary/aromatic N) is 2. The van der Waals surface area contributed by atoms with E-state index in [1.807, 2.05) is 23.0 Å². The van der Waals surface area contributed by atoms with Gasteiger partial charge in [0.05, 0.1) is 11.7 Å². The van der Waals surface area contributed by atoms with Gasteiger partial charge in [-0.15, -0.1) is 0 Å². The summed E-state index contributed by atoms with van der Waals surface area (Å²) >= 11 is 7.00. The molecule has 0 bridgehead atoms. The van der Waals surface area contributed by atoms with Gasteiger partial charge in [0, 0.05) is 27.6 Å². The van der Waals surface area contributed by atoms with Crippen molar-refractivity contribution in [1.82, 2.24) is 15.2 Å². The first-order chi connectivity index (χ1) is 9.49. The Bertz CT molecular complexity index is 560. The molecule has 108 valence electrons. The second kappa shape index (κ2) is 6.85. The maximum Gasteiger partial charge on any atom is 0.0644 e. The van der Waals surface area contributed by atoms with E-state index in [9.17, 15) is 0 Å². The Balaban J connectivity index is 2.19. The van der Waals surface area contributed by atoms with Crippen LogP contribution in [0.3, 0.4) is 0 Å². The van der Waals surface area contributed by atoms with Gasteiger partial charge < -0.3 is 0 Å². The van der Waals surface area contributed by atoms with Crippen molar-refractivity contribution in [3.8, 4) is 0 Å². The lowest BCUT2D eigenvalue weighted by Crippen LogP contribution is -2.29. The molecule has 20 heavy (non-hydrogen) atoms. The molecule has 6 heteroatoms. The molecule has 4 nitrogen and oxygen atoms in total. The Hall–Kier alpha value is -0.690. The zero-order valence-corrected chi connectivity index (χ0v) is 14.6. The summed E-state index contributed by atoms with van der Waals surface area (Å²) in [6.45, 7) is 4.22. The molecule has 1 heterocycles. The molecule has 0 fully saturated rings. The van der Waals surface area contributed by atoms with Crippen LogP contribution in [0.1, 0.15) is 37.2 Å². The second-order valence-electron chi connectivity index (χ2n) is 5.01. The summed E-state index contributed by atoms with van der Waals surface area (Å²) < 4.78 is 4.00. The molecule has 0 aliphatic carbocycles. The fourth-order valence-corrected chi connectivity index (χ4v) is 3.36. The fourth-order valence-electron chi connectivity index (χ4n) is 2.03. The molecular weight excluding hydrogens is 384 g/mol. The topological polar surface area (TPSA) is 55.9 Å². The van der Waals surface area contributed by atoms with Crippen LogP contribution in [-0.2, 0) is 6.42 Å². The second-order valence-corrected chi connectivity index (χ2v) is 6.84. The Morgan fingerprint density at radius 1 is 1.25 bits per heavy atom. The van der Waals surface area contributed by atoms with Gasteiger partial charge in [-0.3, -0.25) is 16.0 Å². The standard InChI is InChI=1S/C14H18Br2N4/c1-9(2)20-4-3-13(19-20)8-14(18-17)10-5-11(15)7-12(16)6-10/h3-7,9,14,18H,8,17H2,1-2H3. The van der Waals surface area contributed by atoms with Gasteiger partial charge in [0.1, 0.15) is 0 Å². The summed E-state index contributed by atoms with van der Waals surface area (Å²) in [4.78, 5) is 0. The lowest BCUT2D eigenvalue weighted by Gasteiger charge is -2.16. The number of hydrogen-bond donors (Lipinski definition) is 2. The third kappa shape index (κ3) is 3.91. The number of hydrogen-bond acceptors (Lipinski definition) is 3. The Morgan fingerprint density at radius 3 is 2.40 bits per heavy atom. The maximum absolute atomic E-state index is 5.70. The summed E-state index contributed by atoms with van der Waals surface area (Å²) in [5, 5.41) is 4.57. The van der Waals surface area contributed by atoms with Gasteiger partial charge in [-0.1, -0.05) is 31.9 Å². The Labute approximate surface area is 136 Å². The normalized spacial score (nSPS) is 12.9. The molecule has 3 N–H and O–H groups in total. The average Bonchev–Trinajstić information content (AvgIpc) is 2.83. The molecular formula is C14H18Br2N4. The smallest absolute Gasteiger partial charge is 0.0644 e. The molecule has 0 saturated heterocycles. The van der Waals surface area contributed by atoms with Crippen molar-refractivity contribution in [2.24, 2.45) is 5.84 Å². The van der Waals surface area contributed by atoms with Crippen LogP contribution < -0.4 is 11.3 Å². The van der Waals surface area contributed by atoms with Crippen LogP contribution in [0.4, 0.5) is 0 Å². The van der Waals surface area contributed by atoms with Crippen molar-refractivity contribution < 1.29 is 0 Å². The van der Waals surface area contributed by atoms with E-state index < -0.39 is 0 Å². The van der Waals surface area contributed by atoms with E-state index in [2.05, 4.69) is 68.4 Å². The van der Waals surface area contributed by atoms with E-state index in [1.165, 1.54) is 0 Å². The first-order valence-corrected chi connectivity index (χ1v) is 8.04. The minimum absolute atomic E-state index is 0.0271. The highest BCUT2D eigenvalue weighted by atomic mass is 79.9. The number of halogens is 2. The van der Waals surface area contributed by atoms with E-state index in [1.54, 1.807) is 0 Å². The zero-order chi connectivity index (χ0) is 14.7. The van der Waals surface area contributed by atoms with Gasteiger partial charge in [0.25, 0.3) is 0 Å². The SMILES string of the molecule is CC(C)n1ccc(CC(NN)c2cc(Br)cc(Br)c2)n1. The van der Waals surface area contributed by atoms with Crippen molar-refractivity contribution in [1.29, 1.82) is 0 Å². The third-order valence-corrected chi connectivity index (χ3v) is 4.01. The largest absolute Gasteiger partial charge is 0.271 e. The maximum atomic E-state index is 5.70. The minimum Gasteiger partial charge on any atom is -0.271 e. The molecule has 2 aromatic rings. The van der Waals surface area contributed by atoms with Crippen LogP contribution in [0.15, 0.2) is 39.4 Å².